The normalized spacial score (nSPS) is 18.0. The largest absolute Gasteiger partial charge is 0.497 e. The van der Waals surface area contributed by atoms with Crippen LogP contribution in [0.5, 0.6) is 5.75 Å². The molecule has 0 aromatic heterocycles. The maximum atomic E-state index is 12.1. The maximum Gasteiger partial charge on any atom is 0.238 e. The highest BCUT2D eigenvalue weighted by molar-refractivity contribution is 5.92. The molecule has 1 atom stereocenters. The Hall–Kier alpha value is -1.59. The van der Waals surface area contributed by atoms with Crippen LogP contribution < -0.4 is 15.4 Å². The molecule has 116 valence electrons. The van der Waals surface area contributed by atoms with Gasteiger partial charge >= 0.3 is 0 Å². The van der Waals surface area contributed by atoms with Crippen LogP contribution in [0.3, 0.4) is 0 Å². The Kier molecular flexibility index (Phi) is 6.02. The van der Waals surface area contributed by atoms with Crippen LogP contribution >= 0.6 is 0 Å². The number of carbonyl (C=O) groups is 1. The highest BCUT2D eigenvalue weighted by atomic mass is 16.5. The van der Waals surface area contributed by atoms with Gasteiger partial charge in [-0.1, -0.05) is 13.0 Å². The number of amides is 1. The van der Waals surface area contributed by atoms with Gasteiger partial charge in [-0.25, -0.2) is 0 Å². The lowest BCUT2D eigenvalue weighted by molar-refractivity contribution is -0.117. The molecule has 0 radical (unpaired) electrons. The average Bonchev–Trinajstić information content (AvgIpc) is 2.99. The third kappa shape index (κ3) is 5.02. The van der Waals surface area contributed by atoms with Gasteiger partial charge in [0.25, 0.3) is 0 Å². The Morgan fingerprint density at radius 2 is 2.38 bits per heavy atom. The van der Waals surface area contributed by atoms with Gasteiger partial charge in [-0.2, -0.15) is 0 Å². The zero-order chi connectivity index (χ0) is 15.1. The highest BCUT2D eigenvalue weighted by Gasteiger charge is 2.18. The maximum absolute atomic E-state index is 12.1. The van der Waals surface area contributed by atoms with Crippen LogP contribution in [0, 0.1) is 0 Å². The number of carbonyl (C=O) groups excluding carboxylic acids is 1. The number of hydrogen-bond donors (Lipinski definition) is 2. The number of benzene rings is 1. The summed E-state index contributed by atoms with van der Waals surface area (Å²) in [6.07, 6.45) is 2.44. The Morgan fingerprint density at radius 3 is 3.05 bits per heavy atom. The molecule has 0 bridgehead atoms. The summed E-state index contributed by atoms with van der Waals surface area (Å²) < 4.78 is 5.16. The minimum atomic E-state index is 0.0168. The van der Waals surface area contributed by atoms with Crippen LogP contribution in [-0.2, 0) is 4.79 Å². The molecule has 1 fully saturated rings. The van der Waals surface area contributed by atoms with Crippen LogP contribution in [0.4, 0.5) is 5.69 Å². The van der Waals surface area contributed by atoms with Crippen molar-refractivity contribution in [1.82, 2.24) is 10.2 Å². The van der Waals surface area contributed by atoms with Crippen molar-refractivity contribution in [3.63, 3.8) is 0 Å². The summed E-state index contributed by atoms with van der Waals surface area (Å²) in [5.41, 5.74) is 0.773. The SMILES string of the molecule is CCN(CC(=O)Nc1cccc(OC)c1)CC1CCCN1. The Morgan fingerprint density at radius 1 is 1.52 bits per heavy atom. The summed E-state index contributed by atoms with van der Waals surface area (Å²) in [5.74, 6) is 0.762. The summed E-state index contributed by atoms with van der Waals surface area (Å²) >= 11 is 0. The zero-order valence-electron chi connectivity index (χ0n) is 12.9. The fourth-order valence-electron chi connectivity index (χ4n) is 2.63. The minimum absolute atomic E-state index is 0.0168. The number of methoxy groups -OCH3 is 1. The molecule has 5 heteroatoms. The topological polar surface area (TPSA) is 53.6 Å². The van der Waals surface area contributed by atoms with Crippen molar-refractivity contribution >= 4 is 11.6 Å². The van der Waals surface area contributed by atoms with Crippen LogP contribution in [0.15, 0.2) is 24.3 Å². The summed E-state index contributed by atoms with van der Waals surface area (Å²) in [5, 5.41) is 6.39. The average molecular weight is 291 g/mol. The molecule has 1 heterocycles. The molecule has 0 spiro atoms. The van der Waals surface area contributed by atoms with Gasteiger partial charge in [-0.3, -0.25) is 9.69 Å². The van der Waals surface area contributed by atoms with Crippen molar-refractivity contribution in [1.29, 1.82) is 0 Å². The van der Waals surface area contributed by atoms with Gasteiger partial charge in [-0.05, 0) is 38.1 Å². The van der Waals surface area contributed by atoms with Gasteiger partial charge in [0, 0.05) is 24.3 Å². The fraction of sp³-hybridized carbons (Fsp3) is 0.562. The molecule has 1 unspecified atom stereocenters. The minimum Gasteiger partial charge on any atom is -0.497 e. The van der Waals surface area contributed by atoms with Crippen molar-refractivity contribution in [3.05, 3.63) is 24.3 Å². The molecule has 2 N–H and O–H groups in total. The van der Waals surface area contributed by atoms with Gasteiger partial charge in [-0.15, -0.1) is 0 Å². The van der Waals surface area contributed by atoms with E-state index >= 15 is 0 Å². The second-order valence-electron chi connectivity index (χ2n) is 5.40. The van der Waals surface area contributed by atoms with Crippen LogP contribution in [0.25, 0.3) is 0 Å². The van der Waals surface area contributed by atoms with E-state index in [0.717, 1.165) is 31.1 Å². The van der Waals surface area contributed by atoms with E-state index in [1.165, 1.54) is 12.8 Å². The molecule has 1 aliphatic heterocycles. The number of rotatable bonds is 7. The first-order chi connectivity index (χ1) is 10.2. The lowest BCUT2D eigenvalue weighted by Crippen LogP contribution is -2.41. The molecule has 1 saturated heterocycles. The summed E-state index contributed by atoms with van der Waals surface area (Å²) in [6, 6.07) is 7.95. The third-order valence-corrected chi connectivity index (χ3v) is 3.81. The van der Waals surface area contributed by atoms with Crippen molar-refractivity contribution in [2.45, 2.75) is 25.8 Å². The number of hydrogen-bond acceptors (Lipinski definition) is 4. The Bertz CT molecular complexity index is 459. The van der Waals surface area contributed by atoms with E-state index in [-0.39, 0.29) is 5.91 Å². The van der Waals surface area contributed by atoms with E-state index in [1.54, 1.807) is 7.11 Å². The first kappa shape index (κ1) is 15.8. The van der Waals surface area contributed by atoms with Crippen LogP contribution in [0.2, 0.25) is 0 Å². The molecule has 1 aliphatic rings. The van der Waals surface area contributed by atoms with E-state index in [0.29, 0.717) is 12.6 Å². The first-order valence-electron chi connectivity index (χ1n) is 7.61. The zero-order valence-corrected chi connectivity index (χ0v) is 12.9. The predicted molar refractivity (Wildman–Crippen MR) is 84.8 cm³/mol. The predicted octanol–water partition coefficient (Wildman–Crippen LogP) is 1.71. The summed E-state index contributed by atoms with van der Waals surface area (Å²) in [7, 11) is 1.62. The van der Waals surface area contributed by atoms with Crippen LogP contribution in [0.1, 0.15) is 19.8 Å². The smallest absolute Gasteiger partial charge is 0.238 e. The molecular formula is C16H25N3O2. The number of nitrogens with zero attached hydrogens (tertiary/aromatic N) is 1. The van der Waals surface area contributed by atoms with Crippen LogP contribution in [-0.4, -0.2) is 50.1 Å². The second-order valence-corrected chi connectivity index (χ2v) is 5.40. The van der Waals surface area contributed by atoms with Crippen molar-refractivity contribution in [2.24, 2.45) is 0 Å². The van der Waals surface area contributed by atoms with Crippen molar-refractivity contribution in [2.75, 3.05) is 38.6 Å². The van der Waals surface area contributed by atoms with Gasteiger partial charge < -0.3 is 15.4 Å². The fourth-order valence-corrected chi connectivity index (χ4v) is 2.63. The highest BCUT2D eigenvalue weighted by Crippen LogP contribution is 2.16. The number of ether oxygens (including phenoxy) is 1. The van der Waals surface area contributed by atoms with Gasteiger partial charge in [0.1, 0.15) is 5.75 Å². The molecule has 5 nitrogen and oxygen atoms in total. The van der Waals surface area contributed by atoms with E-state index in [1.807, 2.05) is 24.3 Å². The standard InChI is InChI=1S/C16H25N3O2/c1-3-19(11-14-7-5-9-17-14)12-16(20)18-13-6-4-8-15(10-13)21-2/h4,6,8,10,14,17H,3,5,7,9,11-12H2,1-2H3,(H,18,20). The number of anilines is 1. The van der Waals surface area contributed by atoms with Crippen molar-refractivity contribution < 1.29 is 9.53 Å². The van der Waals surface area contributed by atoms with Gasteiger partial charge in [0.15, 0.2) is 0 Å². The van der Waals surface area contributed by atoms with E-state index in [2.05, 4.69) is 22.5 Å². The Labute approximate surface area is 126 Å². The van der Waals surface area contributed by atoms with Gasteiger partial charge in [0.2, 0.25) is 5.91 Å². The number of likely N-dealkylation sites (N-methyl/N-ethyl adjacent to an activating group) is 1. The lowest BCUT2D eigenvalue weighted by Gasteiger charge is -2.23. The van der Waals surface area contributed by atoms with E-state index in [4.69, 9.17) is 4.74 Å². The molecular weight excluding hydrogens is 266 g/mol. The summed E-state index contributed by atoms with van der Waals surface area (Å²) in [6.45, 7) is 5.42. The quantitative estimate of drug-likeness (QED) is 0.803. The second kappa shape index (κ2) is 8.00. The lowest BCUT2D eigenvalue weighted by atomic mass is 10.2. The molecule has 1 aromatic rings. The molecule has 1 aromatic carbocycles. The molecule has 2 rings (SSSR count). The monoisotopic (exact) mass is 291 g/mol. The van der Waals surface area contributed by atoms with E-state index in [9.17, 15) is 4.79 Å². The third-order valence-electron chi connectivity index (χ3n) is 3.81. The van der Waals surface area contributed by atoms with E-state index < -0.39 is 0 Å². The molecule has 21 heavy (non-hydrogen) atoms. The Balaban J connectivity index is 1.83. The molecule has 0 aliphatic carbocycles. The first-order valence-corrected chi connectivity index (χ1v) is 7.61. The molecule has 0 saturated carbocycles. The van der Waals surface area contributed by atoms with Gasteiger partial charge in [0.05, 0.1) is 13.7 Å². The molecule has 1 amide bonds. The summed E-state index contributed by atoms with van der Waals surface area (Å²) in [4.78, 5) is 14.3. The van der Waals surface area contributed by atoms with Crippen molar-refractivity contribution in [3.8, 4) is 5.75 Å². The number of nitrogens with one attached hydrogen (secondary N) is 2.